The van der Waals surface area contributed by atoms with Gasteiger partial charge in [0.1, 0.15) is 5.69 Å². The van der Waals surface area contributed by atoms with Crippen LogP contribution in [0.1, 0.15) is 31.9 Å². The van der Waals surface area contributed by atoms with E-state index in [0.29, 0.717) is 12.1 Å². The third-order valence-electron chi connectivity index (χ3n) is 2.39. The maximum absolute atomic E-state index is 10.7. The van der Waals surface area contributed by atoms with Gasteiger partial charge in [0.2, 0.25) is 0 Å². The predicted molar refractivity (Wildman–Crippen MR) is 55.6 cm³/mol. The highest BCUT2D eigenvalue weighted by Gasteiger charge is 2.25. The fraction of sp³-hybridized carbons (Fsp3) is 0.500. The van der Waals surface area contributed by atoms with Gasteiger partial charge in [0, 0.05) is 18.2 Å². The van der Waals surface area contributed by atoms with Crippen LogP contribution in [0.3, 0.4) is 0 Å². The summed E-state index contributed by atoms with van der Waals surface area (Å²) < 4.78 is 0. The molecule has 0 aliphatic rings. The molecule has 1 N–H and O–H groups in total. The number of hydrogen-bond acceptors (Lipinski definition) is 4. The lowest BCUT2D eigenvalue weighted by molar-refractivity contribution is -0.386. The molecule has 1 rings (SSSR count). The van der Waals surface area contributed by atoms with Gasteiger partial charge in [-0.2, -0.15) is 0 Å². The van der Waals surface area contributed by atoms with Crippen molar-refractivity contribution in [2.45, 2.75) is 32.3 Å². The molecule has 0 aliphatic carbocycles. The first-order valence-electron chi connectivity index (χ1n) is 4.85. The smallest absolute Gasteiger partial charge is 0.291 e. The van der Waals surface area contributed by atoms with Crippen LogP contribution in [0.4, 0.5) is 5.69 Å². The van der Waals surface area contributed by atoms with Crippen molar-refractivity contribution >= 4 is 5.69 Å². The largest absolute Gasteiger partial charge is 0.393 e. The van der Waals surface area contributed by atoms with E-state index in [9.17, 15) is 15.2 Å². The van der Waals surface area contributed by atoms with E-state index in [4.69, 9.17) is 0 Å². The zero-order chi connectivity index (χ0) is 11.4. The van der Waals surface area contributed by atoms with E-state index in [-0.39, 0.29) is 11.6 Å². The number of hydrogen-bond donors (Lipinski definition) is 1. The second kappa shape index (κ2) is 4.84. The topological polar surface area (TPSA) is 76.3 Å². The number of aliphatic hydroxyl groups is 1. The monoisotopic (exact) mass is 210 g/mol. The first kappa shape index (κ1) is 11.6. The first-order chi connectivity index (χ1) is 7.07. The van der Waals surface area contributed by atoms with Gasteiger partial charge in [-0.25, -0.2) is 0 Å². The van der Waals surface area contributed by atoms with Crippen molar-refractivity contribution in [1.82, 2.24) is 4.98 Å². The molecule has 0 bridgehead atoms. The van der Waals surface area contributed by atoms with E-state index in [1.807, 2.05) is 6.92 Å². The minimum Gasteiger partial charge on any atom is -0.393 e. The Hall–Kier alpha value is -1.49. The molecule has 0 amide bonds. The van der Waals surface area contributed by atoms with Crippen LogP contribution in [0.5, 0.6) is 0 Å². The van der Waals surface area contributed by atoms with Crippen molar-refractivity contribution in [2.75, 3.05) is 0 Å². The number of aromatic nitrogens is 1. The van der Waals surface area contributed by atoms with Crippen LogP contribution in [0.15, 0.2) is 18.3 Å². The Morgan fingerprint density at radius 2 is 2.33 bits per heavy atom. The van der Waals surface area contributed by atoms with Crippen molar-refractivity contribution in [3.63, 3.8) is 0 Å². The van der Waals surface area contributed by atoms with Crippen LogP contribution in [0.2, 0.25) is 0 Å². The third-order valence-corrected chi connectivity index (χ3v) is 2.39. The molecule has 1 heterocycles. The molecule has 0 spiro atoms. The molecule has 82 valence electrons. The molecule has 1 aromatic heterocycles. The number of nitro groups is 1. The average molecular weight is 210 g/mol. The van der Waals surface area contributed by atoms with Crippen LogP contribution in [-0.4, -0.2) is 21.1 Å². The lowest BCUT2D eigenvalue weighted by Gasteiger charge is -2.16. The van der Waals surface area contributed by atoms with Gasteiger partial charge in [0.25, 0.3) is 5.69 Å². The minimum absolute atomic E-state index is 0.0229. The Labute approximate surface area is 87.9 Å². The fourth-order valence-electron chi connectivity index (χ4n) is 1.61. The van der Waals surface area contributed by atoms with Gasteiger partial charge in [-0.05, 0) is 19.4 Å². The van der Waals surface area contributed by atoms with Crippen molar-refractivity contribution in [3.05, 3.63) is 34.1 Å². The molecule has 15 heavy (non-hydrogen) atoms. The lowest BCUT2D eigenvalue weighted by Crippen LogP contribution is -2.16. The number of aliphatic hydroxyl groups excluding tert-OH is 1. The summed E-state index contributed by atoms with van der Waals surface area (Å²) in [6.45, 7) is 3.49. The van der Waals surface area contributed by atoms with Crippen LogP contribution >= 0.6 is 0 Å². The number of pyridine rings is 1. The molecular weight excluding hydrogens is 196 g/mol. The number of nitrogens with zero attached hydrogens (tertiary/aromatic N) is 2. The zero-order valence-electron chi connectivity index (χ0n) is 8.75. The predicted octanol–water partition coefficient (Wildman–Crippen LogP) is 1.86. The van der Waals surface area contributed by atoms with E-state index in [1.54, 1.807) is 6.92 Å². The molecule has 2 unspecified atom stereocenters. The van der Waals surface area contributed by atoms with E-state index in [2.05, 4.69) is 4.98 Å². The first-order valence-corrected chi connectivity index (χ1v) is 4.85. The quantitative estimate of drug-likeness (QED) is 0.608. The summed E-state index contributed by atoms with van der Waals surface area (Å²) in [5.41, 5.74) is 0.338. The molecular formula is C10H14N2O3. The van der Waals surface area contributed by atoms with Gasteiger partial charge in [-0.15, -0.1) is 0 Å². The third kappa shape index (κ3) is 2.50. The Balaban J connectivity index is 3.16. The maximum atomic E-state index is 10.7. The highest BCUT2D eigenvalue weighted by atomic mass is 16.6. The fourth-order valence-corrected chi connectivity index (χ4v) is 1.61. The van der Waals surface area contributed by atoms with E-state index in [0.717, 1.165) is 0 Å². The molecule has 0 radical (unpaired) electrons. The van der Waals surface area contributed by atoms with Crippen molar-refractivity contribution in [2.24, 2.45) is 0 Å². The van der Waals surface area contributed by atoms with Crippen LogP contribution in [-0.2, 0) is 0 Å². The Bertz CT molecular complexity index is 352. The van der Waals surface area contributed by atoms with Gasteiger partial charge in [0.15, 0.2) is 0 Å². The number of rotatable bonds is 4. The summed E-state index contributed by atoms with van der Waals surface area (Å²) in [6, 6.07) is 2.93. The summed E-state index contributed by atoms with van der Waals surface area (Å²) in [5.74, 6) is -0.286. The summed E-state index contributed by atoms with van der Waals surface area (Å²) in [6.07, 6.45) is 1.49. The SMILES string of the molecule is CCC(c1ncccc1[N+](=O)[O-])C(C)O. The Morgan fingerprint density at radius 1 is 1.67 bits per heavy atom. The maximum Gasteiger partial charge on any atom is 0.291 e. The van der Waals surface area contributed by atoms with Crippen LogP contribution in [0.25, 0.3) is 0 Å². The van der Waals surface area contributed by atoms with E-state index < -0.39 is 11.0 Å². The molecule has 1 aromatic rings. The van der Waals surface area contributed by atoms with Gasteiger partial charge in [0.05, 0.1) is 11.0 Å². The summed E-state index contributed by atoms with van der Waals surface area (Å²) in [5, 5.41) is 20.3. The standard InChI is InChI=1S/C10H14N2O3/c1-3-8(7(2)13)10-9(12(14)15)5-4-6-11-10/h4-8,13H,3H2,1-2H3. The van der Waals surface area contributed by atoms with E-state index in [1.165, 1.54) is 18.3 Å². The highest BCUT2D eigenvalue weighted by Crippen LogP contribution is 2.28. The highest BCUT2D eigenvalue weighted by molar-refractivity contribution is 5.37. The molecule has 0 aromatic carbocycles. The molecule has 0 fully saturated rings. The van der Waals surface area contributed by atoms with Crippen LogP contribution in [0, 0.1) is 10.1 Å². The van der Waals surface area contributed by atoms with Crippen LogP contribution < -0.4 is 0 Å². The van der Waals surface area contributed by atoms with Crippen molar-refractivity contribution in [3.8, 4) is 0 Å². The van der Waals surface area contributed by atoms with Crippen molar-refractivity contribution < 1.29 is 10.0 Å². The zero-order valence-corrected chi connectivity index (χ0v) is 8.75. The van der Waals surface area contributed by atoms with Gasteiger partial charge >= 0.3 is 0 Å². The molecule has 2 atom stereocenters. The second-order valence-corrected chi connectivity index (χ2v) is 3.42. The van der Waals surface area contributed by atoms with E-state index >= 15 is 0 Å². The molecule has 0 aliphatic heterocycles. The molecule has 5 heteroatoms. The summed E-state index contributed by atoms with van der Waals surface area (Å²) >= 11 is 0. The Kier molecular flexibility index (Phi) is 3.74. The molecule has 0 saturated carbocycles. The second-order valence-electron chi connectivity index (χ2n) is 3.42. The van der Waals surface area contributed by atoms with Gasteiger partial charge in [-0.1, -0.05) is 6.92 Å². The molecule has 5 nitrogen and oxygen atoms in total. The Morgan fingerprint density at radius 3 is 2.80 bits per heavy atom. The van der Waals surface area contributed by atoms with Crippen molar-refractivity contribution in [1.29, 1.82) is 0 Å². The lowest BCUT2D eigenvalue weighted by atomic mass is 9.95. The normalized spacial score (nSPS) is 14.6. The minimum atomic E-state index is -0.636. The summed E-state index contributed by atoms with van der Waals surface area (Å²) in [7, 11) is 0. The van der Waals surface area contributed by atoms with Gasteiger partial charge < -0.3 is 5.11 Å². The summed E-state index contributed by atoms with van der Waals surface area (Å²) in [4.78, 5) is 14.3. The van der Waals surface area contributed by atoms with Gasteiger partial charge in [-0.3, -0.25) is 15.1 Å². The molecule has 0 saturated heterocycles. The average Bonchev–Trinajstić information content (AvgIpc) is 2.18.